The summed E-state index contributed by atoms with van der Waals surface area (Å²) in [5.74, 6) is -0.846. The maximum atomic E-state index is 12.6. The molecule has 4 heteroatoms. The fourth-order valence-corrected chi connectivity index (χ4v) is 4.04. The van der Waals surface area contributed by atoms with Crippen molar-refractivity contribution >= 4 is 28.7 Å². The zero-order valence-electron chi connectivity index (χ0n) is 11.4. The molecule has 0 fully saturated rings. The van der Waals surface area contributed by atoms with Crippen LogP contribution in [0.5, 0.6) is 0 Å². The Morgan fingerprint density at radius 1 is 1.24 bits per heavy atom. The van der Waals surface area contributed by atoms with E-state index in [1.807, 2.05) is 6.07 Å². The van der Waals surface area contributed by atoms with Crippen LogP contribution in [-0.4, -0.2) is 5.78 Å². The average Bonchev–Trinajstić information content (AvgIpc) is 2.93. The number of carbonyl (C=O) groups excluding carboxylic acids is 1. The third-order valence-corrected chi connectivity index (χ3v) is 5.34. The molecule has 1 atom stereocenters. The van der Waals surface area contributed by atoms with E-state index in [4.69, 9.17) is 11.6 Å². The molecule has 106 valence electrons. The van der Waals surface area contributed by atoms with Crippen molar-refractivity contribution in [3.63, 3.8) is 0 Å². The van der Waals surface area contributed by atoms with Crippen molar-refractivity contribution < 1.29 is 4.79 Å². The standard InChI is InChI=1S/C17H14ClNOS/c18-13-7-5-11(6-8-13)14(10-19)17(20)16-9-12-3-1-2-4-15(12)21-16/h5-9,14H,1-4H2. The first kappa shape index (κ1) is 14.3. The molecular formula is C17H14ClNOS. The molecule has 0 spiro atoms. The summed E-state index contributed by atoms with van der Waals surface area (Å²) in [6, 6.07) is 11.1. The van der Waals surface area contributed by atoms with Crippen LogP contribution in [0.15, 0.2) is 30.3 Å². The predicted molar refractivity (Wildman–Crippen MR) is 85.1 cm³/mol. The first-order valence-corrected chi connectivity index (χ1v) is 8.19. The number of aryl methyl sites for hydroxylation is 2. The van der Waals surface area contributed by atoms with Crippen LogP contribution in [0.2, 0.25) is 5.02 Å². The molecule has 0 N–H and O–H groups in total. The van der Waals surface area contributed by atoms with E-state index in [2.05, 4.69) is 6.07 Å². The van der Waals surface area contributed by atoms with Crippen LogP contribution in [0.3, 0.4) is 0 Å². The number of Topliss-reactive ketones (excluding diaryl/α,β-unsaturated/α-hetero) is 1. The topological polar surface area (TPSA) is 40.9 Å². The lowest BCUT2D eigenvalue weighted by Gasteiger charge is -2.08. The van der Waals surface area contributed by atoms with E-state index < -0.39 is 5.92 Å². The molecule has 2 aromatic rings. The van der Waals surface area contributed by atoms with Crippen LogP contribution in [-0.2, 0) is 12.8 Å². The molecule has 1 aliphatic rings. The molecule has 0 bridgehead atoms. The average molecular weight is 316 g/mol. The first-order valence-electron chi connectivity index (χ1n) is 7.00. The Morgan fingerprint density at radius 2 is 1.95 bits per heavy atom. The summed E-state index contributed by atoms with van der Waals surface area (Å²) in [6.45, 7) is 0. The summed E-state index contributed by atoms with van der Waals surface area (Å²) in [5, 5.41) is 9.99. The van der Waals surface area contributed by atoms with E-state index in [0.717, 1.165) is 12.8 Å². The molecule has 1 aliphatic carbocycles. The van der Waals surface area contributed by atoms with Crippen LogP contribution < -0.4 is 0 Å². The second kappa shape index (κ2) is 6.01. The number of fused-ring (bicyclic) bond motifs is 1. The lowest BCUT2D eigenvalue weighted by atomic mass is 9.94. The maximum Gasteiger partial charge on any atom is 0.194 e. The smallest absolute Gasteiger partial charge is 0.194 e. The highest BCUT2D eigenvalue weighted by atomic mass is 35.5. The number of carbonyl (C=O) groups is 1. The zero-order chi connectivity index (χ0) is 14.8. The number of benzene rings is 1. The normalized spacial score (nSPS) is 15.0. The SMILES string of the molecule is N#CC(C(=O)c1cc2c(s1)CCCC2)c1ccc(Cl)cc1. The van der Waals surface area contributed by atoms with Gasteiger partial charge < -0.3 is 0 Å². The Morgan fingerprint density at radius 3 is 2.62 bits per heavy atom. The molecule has 0 radical (unpaired) electrons. The summed E-state index contributed by atoms with van der Waals surface area (Å²) >= 11 is 7.42. The summed E-state index contributed by atoms with van der Waals surface area (Å²) in [6.07, 6.45) is 4.50. The van der Waals surface area contributed by atoms with Crippen molar-refractivity contribution in [1.82, 2.24) is 0 Å². The van der Waals surface area contributed by atoms with Crippen molar-refractivity contribution in [3.05, 3.63) is 56.2 Å². The molecule has 2 nitrogen and oxygen atoms in total. The quantitative estimate of drug-likeness (QED) is 0.765. The number of hydrogen-bond donors (Lipinski definition) is 0. The van der Waals surface area contributed by atoms with Gasteiger partial charge in [-0.05, 0) is 55.0 Å². The fraction of sp³-hybridized carbons (Fsp3) is 0.294. The Kier molecular flexibility index (Phi) is 4.10. The second-order valence-electron chi connectivity index (χ2n) is 5.24. The van der Waals surface area contributed by atoms with Gasteiger partial charge in [-0.1, -0.05) is 23.7 Å². The van der Waals surface area contributed by atoms with Crippen LogP contribution in [0.25, 0.3) is 0 Å². The van der Waals surface area contributed by atoms with E-state index in [0.29, 0.717) is 15.5 Å². The van der Waals surface area contributed by atoms with Gasteiger partial charge in [0.25, 0.3) is 0 Å². The monoisotopic (exact) mass is 315 g/mol. The third-order valence-electron chi connectivity index (χ3n) is 3.83. The molecule has 1 aromatic heterocycles. The number of nitrogens with zero attached hydrogens (tertiary/aromatic N) is 1. The second-order valence-corrected chi connectivity index (χ2v) is 6.82. The van der Waals surface area contributed by atoms with Gasteiger partial charge in [0.2, 0.25) is 0 Å². The largest absolute Gasteiger partial charge is 0.291 e. The number of hydrogen-bond acceptors (Lipinski definition) is 3. The van der Waals surface area contributed by atoms with Crippen molar-refractivity contribution in [2.24, 2.45) is 0 Å². The molecule has 1 unspecified atom stereocenters. The van der Waals surface area contributed by atoms with Crippen LogP contribution in [0.4, 0.5) is 0 Å². The molecule has 0 amide bonds. The van der Waals surface area contributed by atoms with Gasteiger partial charge in [0.05, 0.1) is 10.9 Å². The van der Waals surface area contributed by atoms with Gasteiger partial charge in [-0.25, -0.2) is 0 Å². The highest BCUT2D eigenvalue weighted by Gasteiger charge is 2.25. The Hall–Kier alpha value is -1.63. The van der Waals surface area contributed by atoms with Gasteiger partial charge in [0.15, 0.2) is 5.78 Å². The fourth-order valence-electron chi connectivity index (χ4n) is 2.69. The molecule has 0 saturated carbocycles. The summed E-state index contributed by atoms with van der Waals surface area (Å²) in [4.78, 5) is 14.7. The van der Waals surface area contributed by atoms with E-state index in [1.165, 1.54) is 23.3 Å². The van der Waals surface area contributed by atoms with Gasteiger partial charge in [0, 0.05) is 9.90 Å². The first-order chi connectivity index (χ1) is 10.2. The van der Waals surface area contributed by atoms with Gasteiger partial charge in [-0.15, -0.1) is 11.3 Å². The van der Waals surface area contributed by atoms with Crippen molar-refractivity contribution in [1.29, 1.82) is 5.26 Å². The Labute approximate surface area is 133 Å². The molecular weight excluding hydrogens is 302 g/mol. The van der Waals surface area contributed by atoms with Gasteiger partial charge >= 0.3 is 0 Å². The van der Waals surface area contributed by atoms with Crippen molar-refractivity contribution in [2.75, 3.05) is 0 Å². The highest BCUT2D eigenvalue weighted by molar-refractivity contribution is 7.14. The van der Waals surface area contributed by atoms with E-state index in [-0.39, 0.29) is 5.78 Å². The number of rotatable bonds is 3. The van der Waals surface area contributed by atoms with Crippen molar-refractivity contribution in [3.8, 4) is 6.07 Å². The minimum Gasteiger partial charge on any atom is -0.291 e. The maximum absolute atomic E-state index is 12.6. The third kappa shape index (κ3) is 2.88. The minimum atomic E-state index is -0.748. The highest BCUT2D eigenvalue weighted by Crippen LogP contribution is 2.32. The van der Waals surface area contributed by atoms with E-state index in [1.54, 1.807) is 35.6 Å². The Balaban J connectivity index is 1.90. The molecule has 0 aliphatic heterocycles. The van der Waals surface area contributed by atoms with Gasteiger partial charge in [0.1, 0.15) is 5.92 Å². The molecule has 0 saturated heterocycles. The van der Waals surface area contributed by atoms with Gasteiger partial charge in [-0.2, -0.15) is 5.26 Å². The molecule has 21 heavy (non-hydrogen) atoms. The van der Waals surface area contributed by atoms with Gasteiger partial charge in [-0.3, -0.25) is 4.79 Å². The molecule has 3 rings (SSSR count). The lowest BCUT2D eigenvalue weighted by Crippen LogP contribution is -2.09. The van der Waals surface area contributed by atoms with Crippen LogP contribution in [0, 0.1) is 11.3 Å². The van der Waals surface area contributed by atoms with Crippen LogP contribution in [0.1, 0.15) is 44.4 Å². The molecule has 1 aromatic carbocycles. The predicted octanol–water partition coefficient (Wildman–Crippen LogP) is 4.77. The number of nitriles is 1. The number of halogens is 1. The minimum absolute atomic E-state index is 0.0979. The van der Waals surface area contributed by atoms with Crippen LogP contribution >= 0.6 is 22.9 Å². The summed E-state index contributed by atoms with van der Waals surface area (Å²) < 4.78 is 0. The van der Waals surface area contributed by atoms with Crippen molar-refractivity contribution in [2.45, 2.75) is 31.6 Å². The summed E-state index contributed by atoms with van der Waals surface area (Å²) in [7, 11) is 0. The number of thiophene rings is 1. The number of ketones is 1. The van der Waals surface area contributed by atoms with E-state index in [9.17, 15) is 10.1 Å². The lowest BCUT2D eigenvalue weighted by molar-refractivity contribution is 0.0982. The van der Waals surface area contributed by atoms with E-state index >= 15 is 0 Å². The Bertz CT molecular complexity index is 688. The summed E-state index contributed by atoms with van der Waals surface area (Å²) in [5.41, 5.74) is 2.00. The zero-order valence-corrected chi connectivity index (χ0v) is 13.0. The molecule has 1 heterocycles.